The Morgan fingerprint density at radius 3 is 2.35 bits per heavy atom. The highest BCUT2D eigenvalue weighted by Gasteiger charge is 2.34. The van der Waals surface area contributed by atoms with Crippen molar-refractivity contribution in [2.24, 2.45) is 11.8 Å². The van der Waals surface area contributed by atoms with Crippen molar-refractivity contribution >= 4 is 0 Å². The molecule has 2 saturated heterocycles. The van der Waals surface area contributed by atoms with Gasteiger partial charge in [-0.2, -0.15) is 0 Å². The first-order chi connectivity index (χ1) is 8.34. The van der Waals surface area contributed by atoms with Crippen LogP contribution in [-0.4, -0.2) is 36.6 Å². The van der Waals surface area contributed by atoms with Crippen LogP contribution in [0.2, 0.25) is 0 Å². The standard InChI is InChI=1S/C15H28N2/c1-12-4-2-6-15(12)17-10-7-13(8-11-17)14-5-3-9-16-14/h12-16H,2-11H2,1H3. The minimum atomic E-state index is 0.859. The fraction of sp³-hybridized carbons (Fsp3) is 1.00. The lowest BCUT2D eigenvalue weighted by Gasteiger charge is -2.39. The van der Waals surface area contributed by atoms with Gasteiger partial charge in [0.05, 0.1) is 0 Å². The van der Waals surface area contributed by atoms with Gasteiger partial charge in [0, 0.05) is 12.1 Å². The maximum Gasteiger partial charge on any atom is 0.0121 e. The average molecular weight is 236 g/mol. The van der Waals surface area contributed by atoms with Crippen LogP contribution in [0.15, 0.2) is 0 Å². The second-order valence-electron chi connectivity index (χ2n) is 6.55. The van der Waals surface area contributed by atoms with E-state index in [0.717, 1.165) is 23.9 Å². The summed E-state index contributed by atoms with van der Waals surface area (Å²) in [6, 6.07) is 1.78. The van der Waals surface area contributed by atoms with Gasteiger partial charge in [-0.05, 0) is 70.0 Å². The molecule has 98 valence electrons. The Morgan fingerprint density at radius 1 is 0.941 bits per heavy atom. The second kappa shape index (κ2) is 5.27. The van der Waals surface area contributed by atoms with Gasteiger partial charge in [0.2, 0.25) is 0 Å². The largest absolute Gasteiger partial charge is 0.314 e. The summed E-state index contributed by atoms with van der Waals surface area (Å²) < 4.78 is 0. The Labute approximate surface area is 106 Å². The minimum Gasteiger partial charge on any atom is -0.314 e. The molecule has 0 aromatic carbocycles. The van der Waals surface area contributed by atoms with E-state index >= 15 is 0 Å². The lowest BCUT2D eigenvalue weighted by Crippen LogP contribution is -2.46. The third kappa shape index (κ3) is 2.53. The molecule has 1 saturated carbocycles. The lowest BCUT2D eigenvalue weighted by atomic mass is 9.87. The van der Waals surface area contributed by atoms with Crippen LogP contribution in [0.1, 0.15) is 51.9 Å². The van der Waals surface area contributed by atoms with Crippen LogP contribution in [0.25, 0.3) is 0 Å². The van der Waals surface area contributed by atoms with Crippen molar-refractivity contribution in [3.63, 3.8) is 0 Å². The molecule has 0 bridgehead atoms. The summed E-state index contributed by atoms with van der Waals surface area (Å²) in [5.74, 6) is 1.93. The van der Waals surface area contributed by atoms with Crippen LogP contribution in [0.4, 0.5) is 0 Å². The first-order valence-corrected chi connectivity index (χ1v) is 7.82. The normalized spacial score (nSPS) is 41.1. The number of hydrogen-bond acceptors (Lipinski definition) is 2. The van der Waals surface area contributed by atoms with Crippen LogP contribution in [0.5, 0.6) is 0 Å². The molecule has 0 radical (unpaired) electrons. The van der Waals surface area contributed by atoms with Crippen molar-refractivity contribution in [3.8, 4) is 0 Å². The summed E-state index contributed by atoms with van der Waals surface area (Å²) >= 11 is 0. The summed E-state index contributed by atoms with van der Waals surface area (Å²) in [4.78, 5) is 2.81. The van der Waals surface area contributed by atoms with Gasteiger partial charge in [-0.1, -0.05) is 13.3 Å². The van der Waals surface area contributed by atoms with Crippen LogP contribution in [0, 0.1) is 11.8 Å². The second-order valence-corrected chi connectivity index (χ2v) is 6.55. The van der Waals surface area contributed by atoms with Gasteiger partial charge in [-0.3, -0.25) is 0 Å². The highest BCUT2D eigenvalue weighted by Crippen LogP contribution is 2.33. The summed E-state index contributed by atoms with van der Waals surface area (Å²) in [6.45, 7) is 6.47. The summed E-state index contributed by atoms with van der Waals surface area (Å²) in [5.41, 5.74) is 0. The smallest absolute Gasteiger partial charge is 0.0121 e. The van der Waals surface area contributed by atoms with Crippen LogP contribution in [-0.2, 0) is 0 Å². The molecule has 3 aliphatic rings. The van der Waals surface area contributed by atoms with Crippen molar-refractivity contribution < 1.29 is 0 Å². The zero-order valence-corrected chi connectivity index (χ0v) is 11.3. The highest BCUT2D eigenvalue weighted by molar-refractivity contribution is 4.90. The third-order valence-corrected chi connectivity index (χ3v) is 5.53. The van der Waals surface area contributed by atoms with Crippen molar-refractivity contribution in [1.29, 1.82) is 0 Å². The van der Waals surface area contributed by atoms with E-state index in [-0.39, 0.29) is 0 Å². The van der Waals surface area contributed by atoms with E-state index in [2.05, 4.69) is 17.1 Å². The van der Waals surface area contributed by atoms with Crippen LogP contribution >= 0.6 is 0 Å². The Balaban J connectivity index is 1.49. The number of likely N-dealkylation sites (tertiary alicyclic amines) is 1. The molecule has 1 aliphatic carbocycles. The molecule has 3 rings (SSSR count). The maximum atomic E-state index is 3.70. The molecule has 2 aliphatic heterocycles. The van der Waals surface area contributed by atoms with Crippen LogP contribution < -0.4 is 5.32 Å². The average Bonchev–Trinajstić information content (AvgIpc) is 3.00. The van der Waals surface area contributed by atoms with Gasteiger partial charge in [0.25, 0.3) is 0 Å². The Bertz CT molecular complexity index is 239. The molecular formula is C15H28N2. The van der Waals surface area contributed by atoms with Gasteiger partial charge in [0.15, 0.2) is 0 Å². The molecule has 0 amide bonds. The molecule has 3 fully saturated rings. The van der Waals surface area contributed by atoms with Crippen molar-refractivity contribution in [1.82, 2.24) is 10.2 Å². The quantitative estimate of drug-likeness (QED) is 0.793. The fourth-order valence-corrected chi connectivity index (χ4v) is 4.44. The van der Waals surface area contributed by atoms with Gasteiger partial charge in [-0.15, -0.1) is 0 Å². The Kier molecular flexibility index (Phi) is 3.72. The first kappa shape index (κ1) is 12.0. The number of piperidine rings is 1. The number of rotatable bonds is 2. The maximum absolute atomic E-state index is 3.70. The van der Waals surface area contributed by atoms with E-state index in [9.17, 15) is 0 Å². The molecule has 0 spiro atoms. The Hall–Kier alpha value is -0.0800. The predicted molar refractivity (Wildman–Crippen MR) is 72.1 cm³/mol. The summed E-state index contributed by atoms with van der Waals surface area (Å²) in [5, 5.41) is 3.70. The SMILES string of the molecule is CC1CCCC1N1CCC(C2CCCN2)CC1. The van der Waals surface area contributed by atoms with E-state index in [1.807, 2.05) is 0 Å². The van der Waals surface area contributed by atoms with Crippen molar-refractivity contribution in [3.05, 3.63) is 0 Å². The van der Waals surface area contributed by atoms with Crippen molar-refractivity contribution in [2.45, 2.75) is 64.0 Å². The zero-order valence-electron chi connectivity index (χ0n) is 11.3. The van der Waals surface area contributed by atoms with E-state index in [0.29, 0.717) is 0 Å². The van der Waals surface area contributed by atoms with Gasteiger partial charge >= 0.3 is 0 Å². The summed E-state index contributed by atoms with van der Waals surface area (Å²) in [6.07, 6.45) is 10.1. The van der Waals surface area contributed by atoms with Crippen LogP contribution in [0.3, 0.4) is 0 Å². The molecular weight excluding hydrogens is 208 g/mol. The highest BCUT2D eigenvalue weighted by atomic mass is 15.2. The van der Waals surface area contributed by atoms with E-state index in [1.54, 1.807) is 0 Å². The minimum absolute atomic E-state index is 0.859. The molecule has 17 heavy (non-hydrogen) atoms. The van der Waals surface area contributed by atoms with Gasteiger partial charge in [-0.25, -0.2) is 0 Å². The molecule has 1 N–H and O–H groups in total. The molecule has 2 heteroatoms. The number of hydrogen-bond donors (Lipinski definition) is 1. The molecule has 3 atom stereocenters. The third-order valence-electron chi connectivity index (χ3n) is 5.53. The number of nitrogens with one attached hydrogen (secondary N) is 1. The predicted octanol–water partition coefficient (Wildman–Crippen LogP) is 2.64. The molecule has 0 aromatic rings. The molecule has 2 nitrogen and oxygen atoms in total. The number of nitrogens with zero attached hydrogens (tertiary/aromatic N) is 1. The zero-order chi connectivity index (χ0) is 11.7. The first-order valence-electron chi connectivity index (χ1n) is 7.82. The van der Waals surface area contributed by atoms with Gasteiger partial charge < -0.3 is 10.2 Å². The summed E-state index contributed by atoms with van der Waals surface area (Å²) in [7, 11) is 0. The van der Waals surface area contributed by atoms with Crippen molar-refractivity contribution in [2.75, 3.05) is 19.6 Å². The monoisotopic (exact) mass is 236 g/mol. The Morgan fingerprint density at radius 2 is 1.76 bits per heavy atom. The molecule has 3 unspecified atom stereocenters. The van der Waals surface area contributed by atoms with E-state index in [1.165, 1.54) is 64.6 Å². The lowest BCUT2D eigenvalue weighted by molar-refractivity contribution is 0.102. The van der Waals surface area contributed by atoms with E-state index < -0.39 is 0 Å². The van der Waals surface area contributed by atoms with E-state index in [4.69, 9.17) is 0 Å². The topological polar surface area (TPSA) is 15.3 Å². The van der Waals surface area contributed by atoms with Gasteiger partial charge in [0.1, 0.15) is 0 Å². The molecule has 0 aromatic heterocycles. The molecule has 2 heterocycles. The fourth-order valence-electron chi connectivity index (χ4n) is 4.44.